The molecule has 0 radical (unpaired) electrons. The third-order valence-electron chi connectivity index (χ3n) is 5.68. The zero-order chi connectivity index (χ0) is 20.1. The van der Waals surface area contributed by atoms with Crippen LogP contribution in [0.2, 0.25) is 0 Å². The van der Waals surface area contributed by atoms with E-state index in [2.05, 4.69) is 17.9 Å². The van der Waals surface area contributed by atoms with Gasteiger partial charge in [-0.3, -0.25) is 0 Å². The van der Waals surface area contributed by atoms with Crippen LogP contribution < -0.4 is 4.90 Å². The van der Waals surface area contributed by atoms with Gasteiger partial charge in [-0.05, 0) is 49.7 Å². The Hall–Kier alpha value is -2.01. The average Bonchev–Trinajstić information content (AvgIpc) is 3.46. The Balaban J connectivity index is 0.00000109. The zero-order valence-corrected chi connectivity index (χ0v) is 17.6. The Morgan fingerprint density at radius 3 is 2.54 bits per heavy atom. The lowest BCUT2D eigenvalue weighted by Gasteiger charge is -2.37. The summed E-state index contributed by atoms with van der Waals surface area (Å²) in [6.07, 6.45) is 7.09. The maximum absolute atomic E-state index is 12.6. The Bertz CT molecular complexity index is 787. The fourth-order valence-electron chi connectivity index (χ4n) is 4.11. The molecule has 2 aromatic rings. The van der Waals surface area contributed by atoms with E-state index in [1.807, 2.05) is 19.9 Å². The van der Waals surface area contributed by atoms with Crippen LogP contribution in [0, 0.1) is 5.92 Å². The van der Waals surface area contributed by atoms with Gasteiger partial charge in [0.25, 0.3) is 0 Å². The Morgan fingerprint density at radius 2 is 1.93 bits per heavy atom. The lowest BCUT2D eigenvalue weighted by Crippen LogP contribution is -2.41. The Labute approximate surface area is 168 Å². The third kappa shape index (κ3) is 4.19. The SMILES string of the molecule is CC.CCc1c(N(CC2CC2)C2CCOCC2)cc2occc2c1C(=O)OC. The van der Waals surface area contributed by atoms with Crippen LogP contribution in [0.4, 0.5) is 5.69 Å². The molecule has 1 saturated heterocycles. The second-order valence-corrected chi connectivity index (χ2v) is 7.37. The molecule has 1 aromatic carbocycles. The summed E-state index contributed by atoms with van der Waals surface area (Å²) in [4.78, 5) is 15.1. The van der Waals surface area contributed by atoms with Gasteiger partial charge in [0.1, 0.15) is 5.58 Å². The van der Waals surface area contributed by atoms with E-state index in [4.69, 9.17) is 13.9 Å². The van der Waals surface area contributed by atoms with E-state index in [9.17, 15) is 4.79 Å². The highest BCUT2D eigenvalue weighted by Crippen LogP contribution is 2.39. The second-order valence-electron chi connectivity index (χ2n) is 7.37. The number of anilines is 1. The normalized spacial score (nSPS) is 17.1. The molecule has 2 fully saturated rings. The van der Waals surface area contributed by atoms with Gasteiger partial charge >= 0.3 is 5.97 Å². The quantitative estimate of drug-likeness (QED) is 0.637. The molecule has 1 aliphatic carbocycles. The monoisotopic (exact) mass is 387 g/mol. The molecule has 0 amide bonds. The number of hydrogen-bond acceptors (Lipinski definition) is 5. The molecular formula is C23H33NO4. The number of methoxy groups -OCH3 is 1. The molecule has 1 aromatic heterocycles. The molecule has 0 atom stereocenters. The lowest BCUT2D eigenvalue weighted by molar-refractivity contribution is 0.0601. The number of carbonyl (C=O) groups excluding carboxylic acids is 1. The Morgan fingerprint density at radius 1 is 1.21 bits per heavy atom. The molecule has 1 saturated carbocycles. The first-order chi connectivity index (χ1) is 13.7. The number of nitrogens with zero attached hydrogens (tertiary/aromatic N) is 1. The van der Waals surface area contributed by atoms with E-state index >= 15 is 0 Å². The highest BCUT2D eigenvalue weighted by molar-refractivity contribution is 6.06. The lowest BCUT2D eigenvalue weighted by atomic mass is 9.96. The van der Waals surface area contributed by atoms with Crippen LogP contribution in [0.15, 0.2) is 22.8 Å². The highest BCUT2D eigenvalue weighted by atomic mass is 16.5. The first-order valence-corrected chi connectivity index (χ1v) is 10.7. The topological polar surface area (TPSA) is 51.9 Å². The number of fused-ring (bicyclic) bond motifs is 1. The van der Waals surface area contributed by atoms with Crippen LogP contribution in [0.5, 0.6) is 0 Å². The van der Waals surface area contributed by atoms with E-state index in [1.165, 1.54) is 20.0 Å². The van der Waals surface area contributed by atoms with Gasteiger partial charge in [-0.25, -0.2) is 4.79 Å². The molecule has 2 heterocycles. The number of hydrogen-bond donors (Lipinski definition) is 0. The van der Waals surface area contributed by atoms with Crippen molar-refractivity contribution in [2.24, 2.45) is 5.92 Å². The molecule has 154 valence electrons. The van der Waals surface area contributed by atoms with Gasteiger partial charge < -0.3 is 18.8 Å². The fourth-order valence-corrected chi connectivity index (χ4v) is 4.11. The minimum absolute atomic E-state index is 0.284. The van der Waals surface area contributed by atoms with Crippen molar-refractivity contribution in [2.45, 2.75) is 58.9 Å². The fraction of sp³-hybridized carbons (Fsp3) is 0.609. The predicted octanol–water partition coefficient (Wildman–Crippen LogP) is 5.20. The van der Waals surface area contributed by atoms with Crippen molar-refractivity contribution in [3.05, 3.63) is 29.5 Å². The van der Waals surface area contributed by atoms with E-state index in [0.717, 1.165) is 67.2 Å². The van der Waals surface area contributed by atoms with Crippen molar-refractivity contribution in [3.8, 4) is 0 Å². The maximum Gasteiger partial charge on any atom is 0.338 e. The number of ether oxygens (including phenoxy) is 2. The van der Waals surface area contributed by atoms with E-state index in [1.54, 1.807) is 6.26 Å². The van der Waals surface area contributed by atoms with Crippen LogP contribution in [-0.2, 0) is 15.9 Å². The van der Waals surface area contributed by atoms with Gasteiger partial charge in [-0.1, -0.05) is 20.8 Å². The summed E-state index contributed by atoms with van der Waals surface area (Å²) >= 11 is 0. The number of carbonyl (C=O) groups is 1. The van der Waals surface area contributed by atoms with Crippen LogP contribution in [0.25, 0.3) is 11.0 Å². The number of esters is 1. The summed E-state index contributed by atoms with van der Waals surface area (Å²) in [5.74, 6) is 0.477. The first-order valence-electron chi connectivity index (χ1n) is 10.7. The van der Waals surface area contributed by atoms with Crippen molar-refractivity contribution >= 4 is 22.6 Å². The van der Waals surface area contributed by atoms with Crippen molar-refractivity contribution in [1.29, 1.82) is 0 Å². The zero-order valence-electron chi connectivity index (χ0n) is 17.6. The van der Waals surface area contributed by atoms with Crippen LogP contribution in [-0.4, -0.2) is 38.9 Å². The van der Waals surface area contributed by atoms with Gasteiger partial charge in [0.15, 0.2) is 0 Å². The summed E-state index contributed by atoms with van der Waals surface area (Å²) in [5, 5.41) is 0.843. The van der Waals surface area contributed by atoms with Crippen molar-refractivity contribution in [2.75, 3.05) is 31.8 Å². The van der Waals surface area contributed by atoms with Crippen molar-refractivity contribution in [3.63, 3.8) is 0 Å². The van der Waals surface area contributed by atoms with Gasteiger partial charge in [0.05, 0.1) is 18.9 Å². The van der Waals surface area contributed by atoms with Gasteiger partial charge in [-0.2, -0.15) is 0 Å². The molecule has 0 unspecified atom stereocenters. The summed E-state index contributed by atoms with van der Waals surface area (Å²) in [6.45, 7) is 8.77. The molecular weight excluding hydrogens is 354 g/mol. The molecule has 28 heavy (non-hydrogen) atoms. The first kappa shape index (κ1) is 20.7. The number of benzene rings is 1. The summed E-state index contributed by atoms with van der Waals surface area (Å²) in [7, 11) is 1.45. The van der Waals surface area contributed by atoms with Gasteiger partial charge in [0.2, 0.25) is 0 Å². The smallest absolute Gasteiger partial charge is 0.338 e. The minimum Gasteiger partial charge on any atom is -0.465 e. The van der Waals surface area contributed by atoms with Gasteiger partial charge in [0, 0.05) is 42.9 Å². The predicted molar refractivity (Wildman–Crippen MR) is 112 cm³/mol. The van der Waals surface area contributed by atoms with Crippen LogP contribution in [0.3, 0.4) is 0 Å². The number of furan rings is 1. The maximum atomic E-state index is 12.6. The molecule has 5 nitrogen and oxygen atoms in total. The summed E-state index contributed by atoms with van der Waals surface area (Å²) in [5.41, 5.74) is 3.61. The molecule has 2 aliphatic rings. The molecule has 5 heteroatoms. The minimum atomic E-state index is -0.284. The average molecular weight is 388 g/mol. The second kappa shape index (κ2) is 9.46. The molecule has 0 spiro atoms. The highest BCUT2D eigenvalue weighted by Gasteiger charge is 2.32. The largest absolute Gasteiger partial charge is 0.465 e. The van der Waals surface area contributed by atoms with Crippen LogP contribution >= 0.6 is 0 Å². The standard InChI is InChI=1S/C21H27NO4.C2H6/c1-3-16-18(12-19-17(8-11-26-19)20(16)21(23)24-2)22(13-14-4-5-14)15-6-9-25-10-7-15;1-2/h8,11-12,14-15H,3-7,9-10,13H2,1-2H3;1-2H3. The Kier molecular flexibility index (Phi) is 7.00. The van der Waals surface area contributed by atoms with E-state index in [0.29, 0.717) is 11.6 Å². The van der Waals surface area contributed by atoms with Crippen molar-refractivity contribution in [1.82, 2.24) is 0 Å². The molecule has 0 bridgehead atoms. The van der Waals surface area contributed by atoms with Crippen LogP contribution in [0.1, 0.15) is 62.4 Å². The molecule has 4 rings (SSSR count). The van der Waals surface area contributed by atoms with Crippen molar-refractivity contribution < 1.29 is 18.7 Å². The van der Waals surface area contributed by atoms with Gasteiger partial charge in [-0.15, -0.1) is 0 Å². The third-order valence-corrected chi connectivity index (χ3v) is 5.68. The number of rotatable bonds is 6. The molecule has 1 aliphatic heterocycles. The summed E-state index contributed by atoms with van der Waals surface area (Å²) < 4.78 is 16.4. The van der Waals surface area contributed by atoms with E-state index in [-0.39, 0.29) is 5.97 Å². The molecule has 0 N–H and O–H groups in total. The summed E-state index contributed by atoms with van der Waals surface area (Å²) in [6, 6.07) is 4.44. The van der Waals surface area contributed by atoms with E-state index < -0.39 is 0 Å².